The van der Waals surface area contributed by atoms with E-state index in [9.17, 15) is 14.0 Å². The van der Waals surface area contributed by atoms with Crippen molar-refractivity contribution in [3.63, 3.8) is 0 Å². The summed E-state index contributed by atoms with van der Waals surface area (Å²) in [5.41, 5.74) is 1.16. The van der Waals surface area contributed by atoms with Crippen LogP contribution in [-0.4, -0.2) is 23.9 Å². The number of nitrogens with zero attached hydrogens (tertiary/aromatic N) is 4. The molecular weight excluding hydrogens is 298 g/mol. The van der Waals surface area contributed by atoms with Crippen LogP contribution >= 0.6 is 0 Å². The first-order valence-corrected chi connectivity index (χ1v) is 7.53. The lowest BCUT2D eigenvalue weighted by atomic mass is 9.72. The van der Waals surface area contributed by atoms with Crippen molar-refractivity contribution < 1.29 is 8.78 Å². The van der Waals surface area contributed by atoms with Gasteiger partial charge in [-0.15, -0.1) is 0 Å². The number of hydrogen-bond acceptors (Lipinski definition) is 4. The molecule has 0 spiro atoms. The number of alkyl halides is 2. The Kier molecular flexibility index (Phi) is 4.44. The molecule has 0 aromatic heterocycles. The molecule has 0 N–H and O–H groups in total. The Labute approximate surface area is 134 Å². The first-order valence-electron chi connectivity index (χ1n) is 7.53. The SMILES string of the molecule is CC1(C)CC(=C(C#N)C#N)C(C#N)=C(N2CCC(F)(F)CC2)C1. The fourth-order valence-corrected chi connectivity index (χ4v) is 3.22. The lowest BCUT2D eigenvalue weighted by Gasteiger charge is -2.41. The maximum absolute atomic E-state index is 13.4. The third-order valence-corrected chi connectivity index (χ3v) is 4.41. The molecule has 2 rings (SSSR count). The Bertz CT molecular complexity index is 670. The van der Waals surface area contributed by atoms with E-state index in [-0.39, 0.29) is 36.9 Å². The fourth-order valence-electron chi connectivity index (χ4n) is 3.22. The lowest BCUT2D eigenvalue weighted by Crippen LogP contribution is -2.41. The molecule has 6 heteroatoms. The van der Waals surface area contributed by atoms with Gasteiger partial charge in [0.2, 0.25) is 0 Å². The number of nitriles is 3. The van der Waals surface area contributed by atoms with Crippen molar-refractivity contribution in [2.45, 2.75) is 45.5 Å². The van der Waals surface area contributed by atoms with Gasteiger partial charge in [-0.3, -0.25) is 0 Å². The number of piperidine rings is 1. The van der Waals surface area contributed by atoms with Crippen LogP contribution in [0.25, 0.3) is 0 Å². The van der Waals surface area contributed by atoms with E-state index in [1.54, 1.807) is 0 Å². The van der Waals surface area contributed by atoms with E-state index in [1.807, 2.05) is 30.9 Å². The molecule has 1 saturated heterocycles. The molecule has 120 valence electrons. The highest BCUT2D eigenvalue weighted by atomic mass is 19.3. The van der Waals surface area contributed by atoms with Crippen LogP contribution in [0.5, 0.6) is 0 Å². The van der Waals surface area contributed by atoms with Gasteiger partial charge in [0, 0.05) is 37.2 Å². The molecule has 1 aliphatic carbocycles. The van der Waals surface area contributed by atoms with Gasteiger partial charge in [-0.25, -0.2) is 8.78 Å². The smallest absolute Gasteiger partial charge is 0.251 e. The predicted molar refractivity (Wildman–Crippen MR) is 79.7 cm³/mol. The van der Waals surface area contributed by atoms with Crippen LogP contribution in [0.4, 0.5) is 8.78 Å². The summed E-state index contributed by atoms with van der Waals surface area (Å²) in [6.45, 7) is 4.36. The molecule has 0 aromatic rings. The van der Waals surface area contributed by atoms with Crippen LogP contribution in [0.2, 0.25) is 0 Å². The van der Waals surface area contributed by atoms with Gasteiger partial charge in [0.05, 0.1) is 5.57 Å². The Balaban J connectivity index is 2.50. The van der Waals surface area contributed by atoms with Crippen LogP contribution in [0.15, 0.2) is 22.4 Å². The van der Waals surface area contributed by atoms with Crippen LogP contribution < -0.4 is 0 Å². The highest BCUT2D eigenvalue weighted by molar-refractivity contribution is 5.57. The second-order valence-corrected chi connectivity index (χ2v) is 6.87. The van der Waals surface area contributed by atoms with Gasteiger partial charge < -0.3 is 4.90 Å². The largest absolute Gasteiger partial charge is 0.373 e. The van der Waals surface area contributed by atoms with Gasteiger partial charge in [0.25, 0.3) is 5.92 Å². The highest BCUT2D eigenvalue weighted by Crippen LogP contribution is 2.45. The summed E-state index contributed by atoms with van der Waals surface area (Å²) in [4.78, 5) is 1.82. The van der Waals surface area contributed by atoms with Gasteiger partial charge in [-0.05, 0) is 18.3 Å². The number of likely N-dealkylation sites (tertiary alicyclic amines) is 1. The topological polar surface area (TPSA) is 74.6 Å². The minimum absolute atomic E-state index is 0.0610. The first-order chi connectivity index (χ1) is 10.7. The Morgan fingerprint density at radius 3 is 2.09 bits per heavy atom. The van der Waals surface area contributed by atoms with Crippen LogP contribution in [-0.2, 0) is 0 Å². The van der Waals surface area contributed by atoms with E-state index in [1.165, 1.54) is 0 Å². The van der Waals surface area contributed by atoms with E-state index < -0.39 is 5.92 Å². The van der Waals surface area contributed by atoms with Gasteiger partial charge in [0.1, 0.15) is 23.8 Å². The predicted octanol–water partition coefficient (Wildman–Crippen LogP) is 3.66. The normalized spacial score (nSPS) is 22.8. The van der Waals surface area contributed by atoms with Crippen LogP contribution in [0, 0.1) is 39.4 Å². The lowest BCUT2D eigenvalue weighted by molar-refractivity contribution is -0.0504. The van der Waals surface area contributed by atoms with Crippen LogP contribution in [0.3, 0.4) is 0 Å². The van der Waals surface area contributed by atoms with Crippen molar-refractivity contribution in [1.29, 1.82) is 15.8 Å². The molecule has 0 bridgehead atoms. The maximum atomic E-state index is 13.4. The molecule has 2 aliphatic rings. The van der Waals surface area contributed by atoms with Crippen molar-refractivity contribution in [3.8, 4) is 18.2 Å². The maximum Gasteiger partial charge on any atom is 0.251 e. The number of hydrogen-bond donors (Lipinski definition) is 0. The molecule has 1 heterocycles. The standard InChI is InChI=1S/C17H18F2N4/c1-16(2)7-13(12(9-20)10-21)14(11-22)15(8-16)23-5-3-17(18,19)4-6-23/h3-8H2,1-2H3. The van der Waals surface area contributed by atoms with Gasteiger partial charge in [0.15, 0.2) is 0 Å². The summed E-state index contributed by atoms with van der Waals surface area (Å²) >= 11 is 0. The number of rotatable bonds is 1. The molecule has 0 unspecified atom stereocenters. The van der Waals surface area contributed by atoms with Crippen molar-refractivity contribution >= 4 is 0 Å². The van der Waals surface area contributed by atoms with E-state index >= 15 is 0 Å². The first kappa shape index (κ1) is 17.0. The second kappa shape index (κ2) is 6.01. The Morgan fingerprint density at radius 2 is 1.61 bits per heavy atom. The third kappa shape index (κ3) is 3.51. The molecule has 1 aliphatic heterocycles. The molecule has 1 fully saturated rings. The van der Waals surface area contributed by atoms with Gasteiger partial charge >= 0.3 is 0 Å². The fraction of sp³-hybridized carbons (Fsp3) is 0.588. The van der Waals surface area contributed by atoms with Crippen LogP contribution in [0.1, 0.15) is 39.5 Å². The zero-order valence-electron chi connectivity index (χ0n) is 13.3. The van der Waals surface area contributed by atoms with Gasteiger partial charge in [-0.1, -0.05) is 13.8 Å². The molecule has 0 radical (unpaired) electrons. The Hall–Kier alpha value is -2.39. The summed E-state index contributed by atoms with van der Waals surface area (Å²) in [6, 6.07) is 5.81. The number of allylic oxidation sites excluding steroid dienone is 4. The summed E-state index contributed by atoms with van der Waals surface area (Å²) in [5.74, 6) is -2.66. The van der Waals surface area contributed by atoms with Crippen molar-refractivity contribution in [1.82, 2.24) is 4.90 Å². The van der Waals surface area contributed by atoms with E-state index in [0.717, 1.165) is 0 Å². The quantitative estimate of drug-likeness (QED) is 0.692. The zero-order chi connectivity index (χ0) is 17.3. The molecule has 0 amide bonds. The third-order valence-electron chi connectivity index (χ3n) is 4.41. The Morgan fingerprint density at radius 1 is 1.04 bits per heavy atom. The molecule has 0 saturated carbocycles. The van der Waals surface area contributed by atoms with Crippen molar-refractivity contribution in [2.75, 3.05) is 13.1 Å². The summed E-state index contributed by atoms with van der Waals surface area (Å²) in [5, 5.41) is 27.8. The summed E-state index contributed by atoms with van der Waals surface area (Å²) in [7, 11) is 0. The van der Waals surface area contributed by atoms with Crippen molar-refractivity contribution in [2.24, 2.45) is 5.41 Å². The summed E-state index contributed by atoms with van der Waals surface area (Å²) < 4.78 is 26.8. The molecule has 0 atom stereocenters. The second-order valence-electron chi connectivity index (χ2n) is 6.87. The average Bonchev–Trinajstić information content (AvgIpc) is 2.47. The highest BCUT2D eigenvalue weighted by Gasteiger charge is 2.39. The van der Waals surface area contributed by atoms with E-state index in [0.29, 0.717) is 29.7 Å². The molecular formula is C17H18F2N4. The number of halogens is 2. The van der Waals surface area contributed by atoms with E-state index in [4.69, 9.17) is 10.5 Å². The average molecular weight is 316 g/mol. The molecule has 4 nitrogen and oxygen atoms in total. The zero-order valence-corrected chi connectivity index (χ0v) is 13.3. The van der Waals surface area contributed by atoms with E-state index in [2.05, 4.69) is 6.07 Å². The van der Waals surface area contributed by atoms with Gasteiger partial charge in [-0.2, -0.15) is 15.8 Å². The summed E-state index contributed by atoms with van der Waals surface area (Å²) in [6.07, 6.45) is 0.561. The van der Waals surface area contributed by atoms with Crippen molar-refractivity contribution in [3.05, 3.63) is 22.4 Å². The molecule has 0 aromatic carbocycles. The monoisotopic (exact) mass is 316 g/mol. The minimum atomic E-state index is -2.66. The minimum Gasteiger partial charge on any atom is -0.373 e. The molecule has 23 heavy (non-hydrogen) atoms.